The molecule has 1 atom stereocenters. The van der Waals surface area contributed by atoms with E-state index >= 15 is 0 Å². The normalized spacial score (nSPS) is 16.2. The minimum Gasteiger partial charge on any atom is -0.476 e. The molecular formula is C12H17N3O2. The summed E-state index contributed by atoms with van der Waals surface area (Å²) in [5.74, 6) is -0.569. The van der Waals surface area contributed by atoms with Crippen molar-refractivity contribution in [3.63, 3.8) is 0 Å². The van der Waals surface area contributed by atoms with E-state index in [4.69, 9.17) is 5.11 Å². The van der Waals surface area contributed by atoms with Gasteiger partial charge in [-0.05, 0) is 31.6 Å². The van der Waals surface area contributed by atoms with Crippen molar-refractivity contribution in [3.05, 3.63) is 23.0 Å². The first-order valence-corrected chi connectivity index (χ1v) is 5.87. The van der Waals surface area contributed by atoms with E-state index in [9.17, 15) is 4.79 Å². The zero-order valence-corrected chi connectivity index (χ0v) is 10.2. The van der Waals surface area contributed by atoms with E-state index in [0.29, 0.717) is 18.0 Å². The second-order valence-corrected chi connectivity index (χ2v) is 4.73. The van der Waals surface area contributed by atoms with Gasteiger partial charge in [-0.15, -0.1) is 5.10 Å². The molecule has 1 aliphatic rings. The van der Waals surface area contributed by atoms with Crippen molar-refractivity contribution in [2.75, 3.05) is 0 Å². The summed E-state index contributed by atoms with van der Waals surface area (Å²) in [4.78, 5) is 11.0. The van der Waals surface area contributed by atoms with Gasteiger partial charge in [0.1, 0.15) is 0 Å². The summed E-state index contributed by atoms with van der Waals surface area (Å²) >= 11 is 0. The molecule has 5 nitrogen and oxygen atoms in total. The van der Waals surface area contributed by atoms with E-state index in [0.717, 1.165) is 6.42 Å². The SMILES string of the molecule is CC(CC1=CCC1)Cc1c(C(=O)O)nnn1C. The predicted molar refractivity (Wildman–Crippen MR) is 62.8 cm³/mol. The lowest BCUT2D eigenvalue weighted by Crippen LogP contribution is -2.11. The van der Waals surface area contributed by atoms with Crippen LogP contribution in [0.15, 0.2) is 11.6 Å². The van der Waals surface area contributed by atoms with Crippen LogP contribution in [0.5, 0.6) is 0 Å². The molecule has 1 aromatic rings. The van der Waals surface area contributed by atoms with Crippen molar-refractivity contribution in [3.8, 4) is 0 Å². The zero-order chi connectivity index (χ0) is 12.4. The molecule has 0 amide bonds. The van der Waals surface area contributed by atoms with Crippen LogP contribution >= 0.6 is 0 Å². The van der Waals surface area contributed by atoms with Crippen molar-refractivity contribution in [1.82, 2.24) is 15.0 Å². The Morgan fingerprint density at radius 3 is 2.82 bits per heavy atom. The molecule has 1 aromatic heterocycles. The minimum atomic E-state index is -0.997. The van der Waals surface area contributed by atoms with E-state index in [2.05, 4.69) is 23.3 Å². The maximum absolute atomic E-state index is 11.0. The summed E-state index contributed by atoms with van der Waals surface area (Å²) in [6.45, 7) is 2.14. The van der Waals surface area contributed by atoms with Crippen LogP contribution in [0.25, 0.3) is 0 Å². The number of carbonyl (C=O) groups is 1. The number of rotatable bonds is 5. The maximum Gasteiger partial charge on any atom is 0.358 e. The molecule has 1 heterocycles. The smallest absolute Gasteiger partial charge is 0.358 e. The third kappa shape index (κ3) is 2.54. The summed E-state index contributed by atoms with van der Waals surface area (Å²) in [7, 11) is 1.74. The number of aromatic nitrogens is 3. The van der Waals surface area contributed by atoms with E-state index in [1.54, 1.807) is 11.7 Å². The Morgan fingerprint density at radius 2 is 2.29 bits per heavy atom. The number of aryl methyl sites for hydroxylation is 1. The summed E-state index contributed by atoms with van der Waals surface area (Å²) in [5.41, 5.74) is 2.29. The highest BCUT2D eigenvalue weighted by Gasteiger charge is 2.20. The van der Waals surface area contributed by atoms with Gasteiger partial charge < -0.3 is 5.11 Å². The molecule has 17 heavy (non-hydrogen) atoms. The van der Waals surface area contributed by atoms with E-state index in [1.807, 2.05) is 0 Å². The zero-order valence-electron chi connectivity index (χ0n) is 10.2. The second-order valence-electron chi connectivity index (χ2n) is 4.73. The molecule has 1 unspecified atom stereocenters. The summed E-state index contributed by atoms with van der Waals surface area (Å²) in [6, 6.07) is 0. The van der Waals surface area contributed by atoms with Crippen LogP contribution in [0, 0.1) is 5.92 Å². The van der Waals surface area contributed by atoms with E-state index in [-0.39, 0.29) is 5.69 Å². The molecule has 0 aliphatic heterocycles. The third-order valence-electron chi connectivity index (χ3n) is 3.20. The number of aromatic carboxylic acids is 1. The van der Waals surface area contributed by atoms with Crippen molar-refractivity contribution >= 4 is 5.97 Å². The Morgan fingerprint density at radius 1 is 1.59 bits per heavy atom. The van der Waals surface area contributed by atoms with Gasteiger partial charge in [0.15, 0.2) is 5.69 Å². The van der Waals surface area contributed by atoms with Gasteiger partial charge in [0.25, 0.3) is 0 Å². The molecule has 1 N–H and O–H groups in total. The topological polar surface area (TPSA) is 68.0 Å². The quantitative estimate of drug-likeness (QED) is 0.790. The van der Waals surface area contributed by atoms with Gasteiger partial charge in [0, 0.05) is 7.05 Å². The fourth-order valence-electron chi connectivity index (χ4n) is 2.16. The number of carboxylic acids is 1. The number of hydrogen-bond acceptors (Lipinski definition) is 3. The predicted octanol–water partition coefficient (Wildman–Crippen LogP) is 1.80. The Labute approximate surface area is 100 Å². The number of nitrogens with zero attached hydrogens (tertiary/aromatic N) is 3. The molecular weight excluding hydrogens is 218 g/mol. The number of hydrogen-bond donors (Lipinski definition) is 1. The minimum absolute atomic E-state index is 0.0851. The number of allylic oxidation sites excluding steroid dienone is 2. The average Bonchev–Trinajstić information content (AvgIpc) is 2.55. The lowest BCUT2D eigenvalue weighted by atomic mass is 9.88. The highest BCUT2D eigenvalue weighted by molar-refractivity contribution is 5.86. The lowest BCUT2D eigenvalue weighted by molar-refractivity contribution is 0.0689. The molecule has 0 radical (unpaired) electrons. The Hall–Kier alpha value is -1.65. The fourth-order valence-corrected chi connectivity index (χ4v) is 2.16. The van der Waals surface area contributed by atoms with Crippen molar-refractivity contribution in [1.29, 1.82) is 0 Å². The van der Waals surface area contributed by atoms with Crippen LogP contribution in [-0.4, -0.2) is 26.1 Å². The lowest BCUT2D eigenvalue weighted by Gasteiger charge is -2.19. The monoisotopic (exact) mass is 235 g/mol. The number of carboxylic acid groups (broad SMARTS) is 1. The van der Waals surface area contributed by atoms with Crippen molar-refractivity contribution < 1.29 is 9.90 Å². The van der Waals surface area contributed by atoms with Gasteiger partial charge >= 0.3 is 5.97 Å². The molecule has 0 bridgehead atoms. The Kier molecular flexibility index (Phi) is 3.26. The molecule has 0 spiro atoms. The third-order valence-corrected chi connectivity index (χ3v) is 3.20. The Balaban J connectivity index is 2.06. The Bertz CT molecular complexity index is 462. The van der Waals surface area contributed by atoms with E-state index in [1.165, 1.54) is 18.4 Å². The van der Waals surface area contributed by atoms with Crippen LogP contribution in [0.3, 0.4) is 0 Å². The first-order chi connectivity index (χ1) is 8.08. The van der Waals surface area contributed by atoms with Crippen LogP contribution in [0.2, 0.25) is 0 Å². The molecule has 0 fully saturated rings. The van der Waals surface area contributed by atoms with E-state index < -0.39 is 5.97 Å². The second kappa shape index (κ2) is 4.69. The summed E-state index contributed by atoms with van der Waals surface area (Å²) in [5, 5.41) is 16.5. The molecule has 5 heteroatoms. The fraction of sp³-hybridized carbons (Fsp3) is 0.583. The maximum atomic E-state index is 11.0. The van der Waals surface area contributed by atoms with Gasteiger partial charge in [-0.2, -0.15) is 0 Å². The molecule has 0 saturated carbocycles. The van der Waals surface area contributed by atoms with Crippen molar-refractivity contribution in [2.24, 2.45) is 13.0 Å². The van der Waals surface area contributed by atoms with Crippen LogP contribution < -0.4 is 0 Å². The van der Waals surface area contributed by atoms with Gasteiger partial charge in [-0.1, -0.05) is 23.8 Å². The molecule has 0 saturated heterocycles. The largest absolute Gasteiger partial charge is 0.476 e. The van der Waals surface area contributed by atoms with Crippen LogP contribution in [0.4, 0.5) is 0 Å². The van der Waals surface area contributed by atoms with Crippen LogP contribution in [0.1, 0.15) is 42.4 Å². The molecule has 92 valence electrons. The van der Waals surface area contributed by atoms with Gasteiger partial charge in [-0.3, -0.25) is 4.68 Å². The summed E-state index contributed by atoms with van der Waals surface area (Å²) in [6.07, 6.45) is 6.40. The van der Waals surface area contributed by atoms with Gasteiger partial charge in [0.05, 0.1) is 5.69 Å². The molecule has 0 aromatic carbocycles. The standard InChI is InChI=1S/C12H17N3O2/c1-8(6-9-4-3-5-9)7-10-11(12(16)17)13-14-15(10)2/h4,8H,3,5-7H2,1-2H3,(H,16,17). The first kappa shape index (κ1) is 11.8. The highest BCUT2D eigenvalue weighted by Crippen LogP contribution is 2.26. The van der Waals surface area contributed by atoms with Gasteiger partial charge in [-0.25, -0.2) is 4.79 Å². The first-order valence-electron chi connectivity index (χ1n) is 5.87. The molecule has 2 rings (SSSR count). The molecule has 1 aliphatic carbocycles. The average molecular weight is 235 g/mol. The van der Waals surface area contributed by atoms with Crippen LogP contribution in [-0.2, 0) is 13.5 Å². The van der Waals surface area contributed by atoms with Gasteiger partial charge in [0.2, 0.25) is 0 Å². The summed E-state index contributed by atoms with van der Waals surface area (Å²) < 4.78 is 1.56. The van der Waals surface area contributed by atoms with Crippen molar-refractivity contribution in [2.45, 2.75) is 32.6 Å². The highest BCUT2D eigenvalue weighted by atomic mass is 16.4.